The average molecular weight is 317 g/mol. The van der Waals surface area contributed by atoms with Gasteiger partial charge in [0, 0.05) is 10.1 Å². The summed E-state index contributed by atoms with van der Waals surface area (Å²) in [7, 11) is 0. The highest BCUT2D eigenvalue weighted by molar-refractivity contribution is 6.30. The summed E-state index contributed by atoms with van der Waals surface area (Å²) in [6, 6.07) is 5.35. The van der Waals surface area contributed by atoms with Crippen molar-refractivity contribution in [1.82, 2.24) is 5.32 Å². The molecule has 1 aromatic rings. The SMILES string of the molecule is C=C(Cl)COC(=O)C[C@H](NC(N)=O)c1ccc(Cl)cc1. The molecule has 1 atom stereocenters. The van der Waals surface area contributed by atoms with Gasteiger partial charge in [-0.2, -0.15) is 0 Å². The summed E-state index contributed by atoms with van der Waals surface area (Å²) in [6.07, 6.45) is -0.0747. The first-order chi connectivity index (χ1) is 9.38. The molecule has 0 unspecified atom stereocenters. The van der Waals surface area contributed by atoms with Crippen LogP contribution in [0.5, 0.6) is 0 Å². The Labute approximate surface area is 126 Å². The first kappa shape index (κ1) is 16.3. The van der Waals surface area contributed by atoms with Gasteiger partial charge in [0.15, 0.2) is 0 Å². The van der Waals surface area contributed by atoms with Crippen molar-refractivity contribution in [2.24, 2.45) is 5.73 Å². The minimum atomic E-state index is -0.737. The van der Waals surface area contributed by atoms with Gasteiger partial charge in [0.25, 0.3) is 0 Å². The highest BCUT2D eigenvalue weighted by Crippen LogP contribution is 2.20. The molecular weight excluding hydrogens is 303 g/mol. The van der Waals surface area contributed by atoms with E-state index in [4.69, 9.17) is 33.7 Å². The molecule has 0 aliphatic carbocycles. The van der Waals surface area contributed by atoms with Gasteiger partial charge >= 0.3 is 12.0 Å². The van der Waals surface area contributed by atoms with Gasteiger partial charge in [-0.25, -0.2) is 4.79 Å². The molecule has 2 amide bonds. The number of halogens is 2. The Morgan fingerprint density at radius 2 is 1.95 bits per heavy atom. The Hall–Kier alpha value is -1.72. The van der Waals surface area contributed by atoms with Crippen molar-refractivity contribution in [3.8, 4) is 0 Å². The topological polar surface area (TPSA) is 81.4 Å². The van der Waals surface area contributed by atoms with E-state index < -0.39 is 18.0 Å². The smallest absolute Gasteiger partial charge is 0.312 e. The second kappa shape index (κ2) is 7.77. The zero-order chi connectivity index (χ0) is 15.1. The molecule has 1 rings (SSSR count). The molecule has 0 aliphatic rings. The number of nitrogens with one attached hydrogen (secondary N) is 1. The first-order valence-electron chi connectivity index (χ1n) is 5.69. The Bertz CT molecular complexity index is 503. The van der Waals surface area contributed by atoms with Gasteiger partial charge in [-0.05, 0) is 17.7 Å². The Kier molecular flexibility index (Phi) is 6.35. The van der Waals surface area contributed by atoms with Crippen LogP contribution in [0, 0.1) is 0 Å². The summed E-state index contributed by atoms with van der Waals surface area (Å²) in [5.41, 5.74) is 5.78. The van der Waals surface area contributed by atoms with Gasteiger partial charge < -0.3 is 15.8 Å². The fourth-order valence-electron chi connectivity index (χ4n) is 1.50. The number of amides is 2. The number of nitrogens with two attached hydrogens (primary N) is 1. The van der Waals surface area contributed by atoms with Gasteiger partial charge in [-0.15, -0.1) is 0 Å². The number of carbonyl (C=O) groups excluding carboxylic acids is 2. The second-order valence-corrected chi connectivity index (χ2v) is 4.97. The summed E-state index contributed by atoms with van der Waals surface area (Å²) in [5, 5.41) is 3.23. The monoisotopic (exact) mass is 316 g/mol. The number of esters is 1. The molecule has 0 saturated heterocycles. The average Bonchev–Trinajstić information content (AvgIpc) is 2.36. The molecule has 3 N–H and O–H groups in total. The first-order valence-corrected chi connectivity index (χ1v) is 6.44. The number of benzene rings is 1. The molecular formula is C13H14Cl2N2O3. The molecule has 0 aromatic heterocycles. The largest absolute Gasteiger partial charge is 0.460 e. The quantitative estimate of drug-likeness (QED) is 0.792. The van der Waals surface area contributed by atoms with Gasteiger partial charge in [-0.1, -0.05) is 41.9 Å². The van der Waals surface area contributed by atoms with E-state index >= 15 is 0 Å². The van der Waals surface area contributed by atoms with Crippen LogP contribution in [-0.2, 0) is 9.53 Å². The number of urea groups is 1. The highest BCUT2D eigenvalue weighted by Gasteiger charge is 2.18. The molecule has 0 aliphatic heterocycles. The Morgan fingerprint density at radius 1 is 1.35 bits per heavy atom. The molecule has 7 heteroatoms. The van der Waals surface area contributed by atoms with Crippen molar-refractivity contribution in [3.63, 3.8) is 0 Å². The lowest BCUT2D eigenvalue weighted by atomic mass is 10.0. The van der Waals surface area contributed by atoms with Crippen LogP contribution in [0.15, 0.2) is 35.9 Å². The molecule has 0 radical (unpaired) electrons. The molecule has 1 aromatic carbocycles. The third-order valence-electron chi connectivity index (χ3n) is 2.35. The number of carbonyl (C=O) groups is 2. The molecule has 20 heavy (non-hydrogen) atoms. The fourth-order valence-corrected chi connectivity index (χ4v) is 1.68. The van der Waals surface area contributed by atoms with Crippen molar-refractivity contribution < 1.29 is 14.3 Å². The summed E-state index contributed by atoms with van der Waals surface area (Å²) in [5.74, 6) is -0.527. The van der Waals surface area contributed by atoms with E-state index in [1.54, 1.807) is 24.3 Å². The van der Waals surface area contributed by atoms with Crippen LogP contribution in [0.3, 0.4) is 0 Å². The molecule has 0 saturated carbocycles. The molecule has 0 fully saturated rings. The van der Waals surface area contributed by atoms with Crippen LogP contribution >= 0.6 is 23.2 Å². The van der Waals surface area contributed by atoms with Crippen molar-refractivity contribution >= 4 is 35.2 Å². The van der Waals surface area contributed by atoms with E-state index in [9.17, 15) is 9.59 Å². The summed E-state index contributed by atoms with van der Waals surface area (Å²) in [6.45, 7) is 3.33. The number of hydrogen-bond acceptors (Lipinski definition) is 3. The zero-order valence-electron chi connectivity index (χ0n) is 10.6. The van der Waals surface area contributed by atoms with Gasteiger partial charge in [-0.3, -0.25) is 4.79 Å². The predicted octanol–water partition coefficient (Wildman–Crippen LogP) is 2.74. The molecule has 0 bridgehead atoms. The van der Waals surface area contributed by atoms with Crippen molar-refractivity contribution in [1.29, 1.82) is 0 Å². The maximum absolute atomic E-state index is 11.6. The maximum Gasteiger partial charge on any atom is 0.312 e. The molecule has 0 spiro atoms. The normalized spacial score (nSPS) is 11.5. The van der Waals surface area contributed by atoms with Crippen LogP contribution in [0.25, 0.3) is 0 Å². The summed E-state index contributed by atoms with van der Waals surface area (Å²) >= 11 is 11.3. The Morgan fingerprint density at radius 3 is 2.45 bits per heavy atom. The van der Waals surface area contributed by atoms with Crippen molar-refractivity contribution in [2.75, 3.05) is 6.61 Å². The highest BCUT2D eigenvalue weighted by atomic mass is 35.5. The van der Waals surface area contributed by atoms with Crippen LogP contribution in [-0.4, -0.2) is 18.6 Å². The third-order valence-corrected chi connectivity index (χ3v) is 2.71. The van der Waals surface area contributed by atoms with Gasteiger partial charge in [0.2, 0.25) is 0 Å². The summed E-state index contributed by atoms with van der Waals surface area (Å²) in [4.78, 5) is 22.6. The fraction of sp³-hybridized carbons (Fsp3) is 0.231. The van der Waals surface area contributed by atoms with E-state index in [-0.39, 0.29) is 18.1 Å². The molecule has 0 heterocycles. The van der Waals surface area contributed by atoms with E-state index in [0.29, 0.717) is 10.6 Å². The Balaban J connectivity index is 2.74. The van der Waals surface area contributed by atoms with Gasteiger partial charge in [0.1, 0.15) is 6.61 Å². The number of primary amides is 1. The van der Waals surface area contributed by atoms with Crippen LogP contribution in [0.1, 0.15) is 18.0 Å². The second-order valence-electron chi connectivity index (χ2n) is 3.99. The lowest BCUT2D eigenvalue weighted by molar-refractivity contribution is -0.143. The van der Waals surface area contributed by atoms with Crippen molar-refractivity contribution in [3.05, 3.63) is 46.5 Å². The number of rotatable bonds is 6. The lowest BCUT2D eigenvalue weighted by Crippen LogP contribution is -2.34. The minimum absolute atomic E-state index is 0.0747. The standard InChI is InChI=1S/C13H14Cl2N2O3/c1-8(14)7-20-12(18)6-11(17-13(16)19)9-2-4-10(15)5-3-9/h2-5,11H,1,6-7H2,(H3,16,17,19)/t11-/m0/s1. The van der Waals surface area contributed by atoms with Crippen LogP contribution in [0.4, 0.5) is 4.79 Å². The van der Waals surface area contributed by atoms with Crippen molar-refractivity contribution in [2.45, 2.75) is 12.5 Å². The predicted molar refractivity (Wildman–Crippen MR) is 77.5 cm³/mol. The van der Waals surface area contributed by atoms with E-state index in [1.165, 1.54) is 0 Å². The van der Waals surface area contributed by atoms with E-state index in [2.05, 4.69) is 11.9 Å². The maximum atomic E-state index is 11.6. The number of hydrogen-bond donors (Lipinski definition) is 2. The lowest BCUT2D eigenvalue weighted by Gasteiger charge is -2.17. The van der Waals surface area contributed by atoms with Crippen LogP contribution in [0.2, 0.25) is 5.02 Å². The zero-order valence-corrected chi connectivity index (χ0v) is 12.1. The number of ether oxygens (including phenoxy) is 1. The molecule has 5 nitrogen and oxygen atoms in total. The van der Waals surface area contributed by atoms with E-state index in [1.807, 2.05) is 0 Å². The molecule has 108 valence electrons. The van der Waals surface area contributed by atoms with Gasteiger partial charge in [0.05, 0.1) is 12.5 Å². The van der Waals surface area contributed by atoms with Crippen LogP contribution < -0.4 is 11.1 Å². The minimum Gasteiger partial charge on any atom is -0.460 e. The van der Waals surface area contributed by atoms with E-state index in [0.717, 1.165) is 0 Å². The third kappa shape index (κ3) is 5.95. The summed E-state index contributed by atoms with van der Waals surface area (Å²) < 4.78 is 4.87.